The quantitative estimate of drug-likeness (QED) is 0.340. The summed E-state index contributed by atoms with van der Waals surface area (Å²) >= 11 is 0. The Kier molecular flexibility index (Phi) is 5.23. The summed E-state index contributed by atoms with van der Waals surface area (Å²) in [7, 11) is -4.18. The van der Waals surface area contributed by atoms with Gasteiger partial charge in [0, 0.05) is 5.56 Å². The minimum atomic E-state index is -4.18. The Labute approximate surface area is 105 Å². The van der Waals surface area contributed by atoms with Crippen molar-refractivity contribution in [3.05, 3.63) is 29.8 Å². The topological polar surface area (TPSA) is 74.6 Å². The molecule has 1 rings (SSSR count). The van der Waals surface area contributed by atoms with Crippen LogP contribution in [0.2, 0.25) is 0 Å². The average molecular weight is 224 g/mol. The van der Waals surface area contributed by atoms with E-state index in [1.54, 1.807) is 0 Å². The standard InChI is InChI=1S/C8H9O4P.Na.H/c1-6(9)7-2-4-8(5-3-7)13(10,11)12;;/h2-5H,1H3,(H2,10,11,12);;/q;+1;-1. The van der Waals surface area contributed by atoms with Gasteiger partial charge in [0.05, 0.1) is 5.30 Å². The van der Waals surface area contributed by atoms with E-state index in [0.29, 0.717) is 5.56 Å². The number of hydrogen-bond donors (Lipinski definition) is 2. The van der Waals surface area contributed by atoms with Gasteiger partial charge in [-0.1, -0.05) is 12.1 Å². The Hall–Kier alpha value is 0.0400. The third kappa shape index (κ3) is 3.65. The van der Waals surface area contributed by atoms with E-state index in [-0.39, 0.29) is 42.1 Å². The Morgan fingerprint density at radius 1 is 1.29 bits per heavy atom. The van der Waals surface area contributed by atoms with Crippen LogP contribution in [0.4, 0.5) is 0 Å². The molecule has 0 bridgehead atoms. The summed E-state index contributed by atoms with van der Waals surface area (Å²) in [6.45, 7) is 1.40. The van der Waals surface area contributed by atoms with Crippen molar-refractivity contribution in [3.8, 4) is 0 Å². The van der Waals surface area contributed by atoms with Gasteiger partial charge < -0.3 is 11.2 Å². The summed E-state index contributed by atoms with van der Waals surface area (Å²) in [6.07, 6.45) is 0. The summed E-state index contributed by atoms with van der Waals surface area (Å²) < 4.78 is 10.7. The normalized spacial score (nSPS) is 10.5. The van der Waals surface area contributed by atoms with Crippen LogP contribution in [0.1, 0.15) is 18.7 Å². The third-order valence-corrected chi connectivity index (χ3v) is 2.58. The SMILES string of the molecule is CC(=O)c1ccc(P(=O)(O)O)cc1.[H-].[Na+]. The molecule has 4 nitrogen and oxygen atoms in total. The predicted molar refractivity (Wildman–Crippen MR) is 49.2 cm³/mol. The van der Waals surface area contributed by atoms with Gasteiger partial charge in [-0.25, -0.2) is 0 Å². The van der Waals surface area contributed by atoms with Crippen LogP contribution >= 0.6 is 7.60 Å². The molecule has 1 aromatic carbocycles. The predicted octanol–water partition coefficient (Wildman–Crippen LogP) is -2.19. The van der Waals surface area contributed by atoms with Crippen molar-refractivity contribution < 1.29 is 50.1 Å². The number of Topliss-reactive ketones (excluding diaryl/α,β-unsaturated/α-hetero) is 1. The van der Waals surface area contributed by atoms with Crippen LogP contribution in [0.15, 0.2) is 24.3 Å². The van der Waals surface area contributed by atoms with Gasteiger partial charge in [0.15, 0.2) is 5.78 Å². The second-order valence-electron chi connectivity index (χ2n) is 2.65. The largest absolute Gasteiger partial charge is 1.00 e. The van der Waals surface area contributed by atoms with E-state index in [9.17, 15) is 9.36 Å². The van der Waals surface area contributed by atoms with Crippen LogP contribution in [0.25, 0.3) is 0 Å². The number of hydrogen-bond acceptors (Lipinski definition) is 2. The maximum atomic E-state index is 10.8. The van der Waals surface area contributed by atoms with E-state index in [4.69, 9.17) is 9.79 Å². The van der Waals surface area contributed by atoms with E-state index >= 15 is 0 Å². The van der Waals surface area contributed by atoms with Gasteiger partial charge in [-0.15, -0.1) is 0 Å². The van der Waals surface area contributed by atoms with Crippen LogP contribution in [-0.2, 0) is 4.57 Å². The fourth-order valence-corrected chi connectivity index (χ4v) is 1.43. The first-order chi connectivity index (χ1) is 5.91. The van der Waals surface area contributed by atoms with E-state index in [0.717, 1.165) is 0 Å². The molecule has 0 atom stereocenters. The van der Waals surface area contributed by atoms with Gasteiger partial charge in [0.25, 0.3) is 0 Å². The zero-order valence-corrected chi connectivity index (χ0v) is 10.9. The van der Waals surface area contributed by atoms with Crippen molar-refractivity contribution in [1.82, 2.24) is 0 Å². The van der Waals surface area contributed by atoms with Crippen LogP contribution in [0.3, 0.4) is 0 Å². The third-order valence-electron chi connectivity index (χ3n) is 1.61. The van der Waals surface area contributed by atoms with Crippen LogP contribution in [0, 0.1) is 0 Å². The van der Waals surface area contributed by atoms with Crippen LogP contribution in [-0.4, -0.2) is 15.6 Å². The summed E-state index contributed by atoms with van der Waals surface area (Å²) in [6, 6.07) is 5.32. The summed E-state index contributed by atoms with van der Waals surface area (Å²) in [5, 5.41) is -0.0718. The van der Waals surface area contributed by atoms with Crippen molar-refractivity contribution >= 4 is 18.7 Å². The van der Waals surface area contributed by atoms with E-state index in [2.05, 4.69) is 0 Å². The number of carbonyl (C=O) groups excluding carboxylic acids is 1. The number of ketones is 1. The monoisotopic (exact) mass is 224 g/mol. The van der Waals surface area contributed by atoms with Gasteiger partial charge in [-0.3, -0.25) is 9.36 Å². The molecule has 6 heteroatoms. The second kappa shape index (κ2) is 5.21. The molecule has 0 radical (unpaired) electrons. The van der Waals surface area contributed by atoms with Crippen LogP contribution in [0.5, 0.6) is 0 Å². The van der Waals surface area contributed by atoms with Gasteiger partial charge in [0.1, 0.15) is 0 Å². The van der Waals surface area contributed by atoms with Crippen molar-refractivity contribution in [1.29, 1.82) is 0 Å². The van der Waals surface area contributed by atoms with Gasteiger partial charge in [-0.2, -0.15) is 0 Å². The fourth-order valence-electron chi connectivity index (χ4n) is 0.890. The first-order valence-electron chi connectivity index (χ1n) is 3.58. The number of carbonyl (C=O) groups is 1. The first kappa shape index (κ1) is 14.0. The van der Waals surface area contributed by atoms with Crippen molar-refractivity contribution in [3.63, 3.8) is 0 Å². The van der Waals surface area contributed by atoms with E-state index in [1.807, 2.05) is 0 Å². The average Bonchev–Trinajstić information content (AvgIpc) is 2.03. The molecule has 0 spiro atoms. The maximum absolute atomic E-state index is 10.8. The molecule has 0 aliphatic rings. The summed E-state index contributed by atoms with van der Waals surface area (Å²) in [4.78, 5) is 28.3. The van der Waals surface area contributed by atoms with Crippen molar-refractivity contribution in [2.75, 3.05) is 0 Å². The smallest absolute Gasteiger partial charge is 1.00 e. The molecule has 0 unspecified atom stereocenters. The van der Waals surface area contributed by atoms with Crippen LogP contribution < -0.4 is 34.9 Å². The van der Waals surface area contributed by atoms with Gasteiger partial charge in [-0.05, 0) is 19.1 Å². The Balaban J connectivity index is 0. The molecule has 0 aliphatic heterocycles. The van der Waals surface area contributed by atoms with Gasteiger partial charge >= 0.3 is 37.2 Å². The minimum Gasteiger partial charge on any atom is -1.00 e. The Morgan fingerprint density at radius 2 is 1.71 bits per heavy atom. The molecule has 2 N–H and O–H groups in total. The zero-order chi connectivity index (χ0) is 10.1. The molecule has 1 aromatic rings. The molecule has 0 aromatic heterocycles. The molecule has 0 heterocycles. The maximum Gasteiger partial charge on any atom is 1.00 e. The zero-order valence-electron chi connectivity index (χ0n) is 8.97. The van der Waals surface area contributed by atoms with E-state index in [1.165, 1.54) is 31.2 Å². The van der Waals surface area contributed by atoms with Gasteiger partial charge in [0.2, 0.25) is 0 Å². The summed E-state index contributed by atoms with van der Waals surface area (Å²) in [5.41, 5.74) is 0.442. The Morgan fingerprint density at radius 3 is 2.00 bits per heavy atom. The molecule has 0 saturated heterocycles. The fraction of sp³-hybridized carbons (Fsp3) is 0.125. The number of benzene rings is 1. The van der Waals surface area contributed by atoms with E-state index < -0.39 is 7.60 Å². The molecule has 0 fully saturated rings. The minimum absolute atomic E-state index is 0. The van der Waals surface area contributed by atoms with Crippen molar-refractivity contribution in [2.24, 2.45) is 0 Å². The molecule has 0 saturated carbocycles. The molecule has 0 aliphatic carbocycles. The Bertz CT molecular complexity index is 373. The number of rotatable bonds is 2. The second-order valence-corrected chi connectivity index (χ2v) is 4.25. The first-order valence-corrected chi connectivity index (χ1v) is 5.19. The molecule has 14 heavy (non-hydrogen) atoms. The molecular weight excluding hydrogens is 214 g/mol. The molecule has 72 valence electrons. The van der Waals surface area contributed by atoms with Crippen molar-refractivity contribution in [2.45, 2.75) is 6.92 Å². The molecule has 0 amide bonds. The molecular formula is C8H10NaO4P. The summed E-state index contributed by atoms with van der Waals surface area (Å²) in [5.74, 6) is -0.128.